The predicted molar refractivity (Wildman–Crippen MR) is 99.4 cm³/mol. The molecule has 25 heavy (non-hydrogen) atoms. The molecule has 0 saturated heterocycles. The lowest BCUT2D eigenvalue weighted by Gasteiger charge is -2.13. The molecule has 5 nitrogen and oxygen atoms in total. The third-order valence-electron chi connectivity index (χ3n) is 3.57. The van der Waals surface area contributed by atoms with Gasteiger partial charge in [0.15, 0.2) is 6.10 Å². The van der Waals surface area contributed by atoms with Crippen molar-refractivity contribution >= 4 is 44.4 Å². The first-order chi connectivity index (χ1) is 12.0. The zero-order valence-electron chi connectivity index (χ0n) is 13.4. The maximum atomic E-state index is 12.2. The highest BCUT2D eigenvalue weighted by atomic mass is 79.9. The minimum atomic E-state index is -0.940. The Labute approximate surface area is 153 Å². The molecule has 2 aromatic carbocycles. The fourth-order valence-corrected chi connectivity index (χ4v) is 2.50. The van der Waals surface area contributed by atoms with Crippen LogP contribution in [0.3, 0.4) is 0 Å². The number of nitrogens with zero attached hydrogens (tertiary/aromatic N) is 1. The smallest absolute Gasteiger partial charge is 0.357 e. The zero-order valence-corrected chi connectivity index (χ0v) is 15.0. The predicted octanol–water partition coefficient (Wildman–Crippen LogP) is 4.18. The first kappa shape index (κ1) is 17.1. The molecule has 0 aliphatic carbocycles. The van der Waals surface area contributed by atoms with Gasteiger partial charge >= 0.3 is 5.97 Å². The maximum absolute atomic E-state index is 12.2. The number of hydrogen-bond donors (Lipinski definition) is 1. The average Bonchev–Trinajstić information content (AvgIpc) is 2.63. The standard InChI is InChI=1S/C19H15BrN2O3/c1-12(18(23)21-15-9-7-14(20)8-10-15)25-19(24)17-11-6-13-4-2-3-5-16(13)22-17/h2-12H,1H3,(H,21,23)/t12-/m0/s1. The van der Waals surface area contributed by atoms with E-state index in [0.717, 1.165) is 9.86 Å². The van der Waals surface area contributed by atoms with Gasteiger partial charge in [-0.1, -0.05) is 40.2 Å². The van der Waals surface area contributed by atoms with E-state index in [2.05, 4.69) is 26.2 Å². The number of benzene rings is 2. The van der Waals surface area contributed by atoms with Crippen molar-refractivity contribution in [3.63, 3.8) is 0 Å². The Morgan fingerprint density at radius 1 is 1.04 bits per heavy atom. The number of fused-ring (bicyclic) bond motifs is 1. The normalized spacial score (nSPS) is 11.8. The summed E-state index contributed by atoms with van der Waals surface area (Å²) < 4.78 is 6.13. The van der Waals surface area contributed by atoms with Crippen molar-refractivity contribution in [1.82, 2.24) is 4.98 Å². The van der Waals surface area contributed by atoms with Gasteiger partial charge in [-0.25, -0.2) is 9.78 Å². The minimum Gasteiger partial charge on any atom is -0.448 e. The number of rotatable bonds is 4. The van der Waals surface area contributed by atoms with Crippen molar-refractivity contribution in [1.29, 1.82) is 0 Å². The van der Waals surface area contributed by atoms with Crippen LogP contribution < -0.4 is 5.32 Å². The number of para-hydroxylation sites is 1. The molecule has 3 rings (SSSR count). The molecule has 6 heteroatoms. The summed E-state index contributed by atoms with van der Waals surface area (Å²) in [5.41, 5.74) is 1.49. The van der Waals surface area contributed by atoms with Crippen LogP contribution in [0.15, 0.2) is 65.1 Å². The number of amides is 1. The number of carbonyl (C=O) groups is 2. The molecule has 126 valence electrons. The highest BCUT2D eigenvalue weighted by Crippen LogP contribution is 2.15. The Kier molecular flexibility index (Phi) is 5.09. The Hall–Kier alpha value is -2.73. The van der Waals surface area contributed by atoms with Crippen LogP contribution >= 0.6 is 15.9 Å². The van der Waals surface area contributed by atoms with E-state index < -0.39 is 18.0 Å². The Morgan fingerprint density at radius 2 is 1.76 bits per heavy atom. The van der Waals surface area contributed by atoms with E-state index in [1.165, 1.54) is 6.92 Å². The van der Waals surface area contributed by atoms with Crippen LogP contribution in [0.5, 0.6) is 0 Å². The van der Waals surface area contributed by atoms with Crippen molar-refractivity contribution in [2.75, 3.05) is 5.32 Å². The van der Waals surface area contributed by atoms with Crippen molar-refractivity contribution in [3.05, 3.63) is 70.8 Å². The molecule has 0 fully saturated rings. The lowest BCUT2D eigenvalue weighted by Crippen LogP contribution is -2.30. The number of pyridine rings is 1. The molecule has 0 aliphatic heterocycles. The van der Waals surface area contributed by atoms with Gasteiger partial charge in [-0.05, 0) is 43.3 Å². The van der Waals surface area contributed by atoms with Crippen LogP contribution in [0.25, 0.3) is 10.9 Å². The Bertz CT molecular complexity index is 925. The SMILES string of the molecule is C[C@H](OC(=O)c1ccc2ccccc2n1)C(=O)Nc1ccc(Br)cc1. The number of aromatic nitrogens is 1. The van der Waals surface area contributed by atoms with Gasteiger partial charge in [-0.2, -0.15) is 0 Å². The molecule has 0 saturated carbocycles. The van der Waals surface area contributed by atoms with Gasteiger partial charge in [0.05, 0.1) is 5.52 Å². The molecule has 1 heterocycles. The number of halogens is 1. The molecule has 0 aliphatic rings. The van der Waals surface area contributed by atoms with Gasteiger partial charge in [0.1, 0.15) is 5.69 Å². The summed E-state index contributed by atoms with van der Waals surface area (Å²) in [5, 5.41) is 3.63. The number of carbonyl (C=O) groups excluding carboxylic acids is 2. The lowest BCUT2D eigenvalue weighted by atomic mass is 10.2. The van der Waals surface area contributed by atoms with Gasteiger partial charge in [-0.3, -0.25) is 4.79 Å². The van der Waals surface area contributed by atoms with E-state index in [1.54, 1.807) is 24.3 Å². The summed E-state index contributed by atoms with van der Waals surface area (Å²) >= 11 is 3.33. The maximum Gasteiger partial charge on any atom is 0.357 e. The average molecular weight is 399 g/mol. The van der Waals surface area contributed by atoms with Gasteiger partial charge in [0.2, 0.25) is 0 Å². The Balaban J connectivity index is 1.66. The number of esters is 1. The van der Waals surface area contributed by atoms with Crippen LogP contribution in [-0.2, 0) is 9.53 Å². The summed E-state index contributed by atoms with van der Waals surface area (Å²) in [6, 6.07) is 18.0. The molecule has 1 aromatic heterocycles. The van der Waals surface area contributed by atoms with E-state index in [1.807, 2.05) is 36.4 Å². The van der Waals surface area contributed by atoms with Crippen LogP contribution in [0.4, 0.5) is 5.69 Å². The molecule has 0 unspecified atom stereocenters. The van der Waals surface area contributed by atoms with Crippen LogP contribution in [0, 0.1) is 0 Å². The molecule has 1 amide bonds. The highest BCUT2D eigenvalue weighted by molar-refractivity contribution is 9.10. The van der Waals surface area contributed by atoms with Crippen molar-refractivity contribution in [3.8, 4) is 0 Å². The van der Waals surface area contributed by atoms with Crippen molar-refractivity contribution < 1.29 is 14.3 Å². The molecular weight excluding hydrogens is 384 g/mol. The lowest BCUT2D eigenvalue weighted by molar-refractivity contribution is -0.123. The third-order valence-corrected chi connectivity index (χ3v) is 4.10. The van der Waals surface area contributed by atoms with Crippen LogP contribution in [0.1, 0.15) is 17.4 Å². The highest BCUT2D eigenvalue weighted by Gasteiger charge is 2.20. The van der Waals surface area contributed by atoms with Crippen LogP contribution in [0.2, 0.25) is 0 Å². The quantitative estimate of drug-likeness (QED) is 0.669. The third kappa shape index (κ3) is 4.22. The van der Waals surface area contributed by atoms with Crippen LogP contribution in [-0.4, -0.2) is 23.0 Å². The fraction of sp³-hybridized carbons (Fsp3) is 0.105. The molecule has 3 aromatic rings. The van der Waals surface area contributed by atoms with Gasteiger partial charge in [0, 0.05) is 15.5 Å². The molecule has 0 spiro atoms. The number of hydrogen-bond acceptors (Lipinski definition) is 4. The zero-order chi connectivity index (χ0) is 17.8. The monoisotopic (exact) mass is 398 g/mol. The van der Waals surface area contributed by atoms with E-state index in [9.17, 15) is 9.59 Å². The fourth-order valence-electron chi connectivity index (χ4n) is 2.23. The number of nitrogens with one attached hydrogen (secondary N) is 1. The summed E-state index contributed by atoms with van der Waals surface area (Å²) in [6.07, 6.45) is -0.940. The van der Waals surface area contributed by atoms with Gasteiger partial charge in [-0.15, -0.1) is 0 Å². The summed E-state index contributed by atoms with van der Waals surface area (Å²) in [5.74, 6) is -1.04. The minimum absolute atomic E-state index is 0.169. The summed E-state index contributed by atoms with van der Waals surface area (Å²) in [4.78, 5) is 28.7. The first-order valence-electron chi connectivity index (χ1n) is 7.66. The Morgan fingerprint density at radius 3 is 2.52 bits per heavy atom. The molecule has 1 atom stereocenters. The van der Waals surface area contributed by atoms with E-state index >= 15 is 0 Å². The van der Waals surface area contributed by atoms with E-state index in [4.69, 9.17) is 4.74 Å². The number of ether oxygens (including phenoxy) is 1. The van der Waals surface area contributed by atoms with Gasteiger partial charge < -0.3 is 10.1 Å². The largest absolute Gasteiger partial charge is 0.448 e. The van der Waals surface area contributed by atoms with Crippen molar-refractivity contribution in [2.24, 2.45) is 0 Å². The second kappa shape index (κ2) is 7.44. The second-order valence-electron chi connectivity index (χ2n) is 5.43. The summed E-state index contributed by atoms with van der Waals surface area (Å²) in [6.45, 7) is 1.52. The van der Waals surface area contributed by atoms with Crippen molar-refractivity contribution in [2.45, 2.75) is 13.0 Å². The van der Waals surface area contributed by atoms with E-state index in [0.29, 0.717) is 11.2 Å². The van der Waals surface area contributed by atoms with Gasteiger partial charge in [0.25, 0.3) is 5.91 Å². The summed E-state index contributed by atoms with van der Waals surface area (Å²) in [7, 11) is 0. The number of anilines is 1. The van der Waals surface area contributed by atoms with E-state index in [-0.39, 0.29) is 5.69 Å². The molecular formula is C19H15BrN2O3. The molecule has 1 N–H and O–H groups in total. The molecule has 0 radical (unpaired) electrons. The topological polar surface area (TPSA) is 68.3 Å². The molecule has 0 bridgehead atoms. The second-order valence-corrected chi connectivity index (χ2v) is 6.35. The first-order valence-corrected chi connectivity index (χ1v) is 8.45.